The summed E-state index contributed by atoms with van der Waals surface area (Å²) in [6.07, 6.45) is 11.3. The molecule has 1 aromatic heterocycles. The first-order valence-corrected chi connectivity index (χ1v) is 18.2. The number of rotatable bonds is 6. The first kappa shape index (κ1) is 33.2. The Labute approximate surface area is 297 Å². The van der Waals surface area contributed by atoms with E-state index in [2.05, 4.69) is 31.2 Å². The number of imide groups is 2. The van der Waals surface area contributed by atoms with Gasteiger partial charge in [-0.15, -0.1) is 0 Å². The van der Waals surface area contributed by atoms with Gasteiger partial charge in [0.15, 0.2) is 0 Å². The largest absolute Gasteiger partial charge is 0.495 e. The van der Waals surface area contributed by atoms with Crippen molar-refractivity contribution in [2.24, 2.45) is 12.5 Å². The molecule has 5 aliphatic rings. The Morgan fingerprint density at radius 1 is 0.843 bits per heavy atom. The van der Waals surface area contributed by atoms with Crippen molar-refractivity contribution >= 4 is 40.7 Å². The summed E-state index contributed by atoms with van der Waals surface area (Å²) in [5.74, 6) is -1.20. The number of carbonyl (C=O) groups is 4. The van der Waals surface area contributed by atoms with Crippen molar-refractivity contribution in [3.05, 3.63) is 53.9 Å². The number of amides is 4. The molecule has 13 heteroatoms. The van der Waals surface area contributed by atoms with Crippen LogP contribution in [0.15, 0.2) is 42.7 Å². The highest BCUT2D eigenvalue weighted by Gasteiger charge is 2.45. The minimum Gasteiger partial charge on any atom is -0.495 e. The van der Waals surface area contributed by atoms with Crippen LogP contribution in [0.5, 0.6) is 5.75 Å². The maximum atomic E-state index is 13.4. The number of carbonyl (C=O) groups excluding carboxylic acids is 4. The molecule has 1 atom stereocenters. The van der Waals surface area contributed by atoms with Gasteiger partial charge < -0.3 is 20.3 Å². The number of aromatic nitrogens is 2. The minimum absolute atomic E-state index is 0.108. The number of benzene rings is 2. The van der Waals surface area contributed by atoms with Crippen LogP contribution in [0.1, 0.15) is 72.1 Å². The van der Waals surface area contributed by atoms with Crippen LogP contribution >= 0.6 is 0 Å². The highest BCUT2D eigenvalue weighted by Crippen LogP contribution is 2.47. The molecular formula is C38H46N8O5. The fourth-order valence-electron chi connectivity index (χ4n) is 9.12. The van der Waals surface area contributed by atoms with Crippen LogP contribution in [-0.2, 0) is 16.6 Å². The monoisotopic (exact) mass is 694 g/mol. The van der Waals surface area contributed by atoms with Crippen molar-refractivity contribution in [3.63, 3.8) is 0 Å². The Balaban J connectivity index is 0.860. The Hall–Kier alpha value is -4.91. The van der Waals surface area contributed by atoms with E-state index < -0.39 is 23.8 Å². The summed E-state index contributed by atoms with van der Waals surface area (Å²) in [4.78, 5) is 59.1. The number of hydrogen-bond acceptors (Lipinski definition) is 10. The standard InChI is InChI=1S/C38H46N8O5/c1-42-23-24(22-40-42)28-20-30(39)33(51-2)21-32(28)45-17-15-44(16-18-45)25-7-9-38(10-8-25)11-13-43(14-12-38)26-3-4-27-29(19-26)37(50)46(36(27)49)31-5-6-34(47)41-35(31)48/h3-4,19-23,25,31H,5-18,39H2,1-2H3,(H,41,47,48). The summed E-state index contributed by atoms with van der Waals surface area (Å²) in [5.41, 5.74) is 12.2. The van der Waals surface area contributed by atoms with E-state index in [-0.39, 0.29) is 18.7 Å². The highest BCUT2D eigenvalue weighted by molar-refractivity contribution is 6.23. The fraction of sp³-hybridized carbons (Fsp3) is 0.500. The van der Waals surface area contributed by atoms with E-state index in [1.54, 1.807) is 13.2 Å². The first-order chi connectivity index (χ1) is 24.6. The normalized spacial score (nSPS) is 22.9. The van der Waals surface area contributed by atoms with Gasteiger partial charge in [0.25, 0.3) is 11.8 Å². The van der Waals surface area contributed by atoms with Crippen molar-refractivity contribution in [1.29, 1.82) is 0 Å². The van der Waals surface area contributed by atoms with Crippen LogP contribution in [-0.4, -0.2) is 102 Å². The molecule has 51 heavy (non-hydrogen) atoms. The summed E-state index contributed by atoms with van der Waals surface area (Å²) in [6, 6.07) is 9.18. The number of nitrogen functional groups attached to an aromatic ring is 1. The van der Waals surface area contributed by atoms with Gasteiger partial charge in [0, 0.05) is 93.5 Å². The van der Waals surface area contributed by atoms with Gasteiger partial charge in [-0.3, -0.25) is 39.0 Å². The zero-order valence-corrected chi connectivity index (χ0v) is 29.4. The van der Waals surface area contributed by atoms with Gasteiger partial charge in [0.05, 0.1) is 30.1 Å². The second kappa shape index (κ2) is 13.0. The number of piperazine rings is 1. The van der Waals surface area contributed by atoms with E-state index in [0.717, 1.165) is 79.5 Å². The summed E-state index contributed by atoms with van der Waals surface area (Å²) < 4.78 is 7.41. The third-order valence-corrected chi connectivity index (χ3v) is 12.2. The smallest absolute Gasteiger partial charge is 0.262 e. The number of aryl methyl sites for hydroxylation is 1. The highest BCUT2D eigenvalue weighted by atomic mass is 16.5. The molecule has 4 amide bonds. The number of nitrogens with zero attached hydrogens (tertiary/aromatic N) is 6. The molecule has 3 aromatic rings. The summed E-state index contributed by atoms with van der Waals surface area (Å²) in [6.45, 7) is 5.74. The van der Waals surface area contributed by atoms with Crippen LogP contribution in [0.4, 0.5) is 17.1 Å². The molecule has 4 aliphatic heterocycles. The molecule has 5 heterocycles. The molecule has 3 saturated heterocycles. The van der Waals surface area contributed by atoms with Gasteiger partial charge in [-0.25, -0.2) is 0 Å². The molecule has 1 spiro atoms. The Bertz CT molecular complexity index is 1880. The maximum absolute atomic E-state index is 13.4. The molecule has 2 aromatic carbocycles. The maximum Gasteiger partial charge on any atom is 0.262 e. The van der Waals surface area contributed by atoms with Crippen molar-refractivity contribution in [2.75, 3.05) is 61.9 Å². The summed E-state index contributed by atoms with van der Waals surface area (Å²) in [5, 5.41) is 6.65. The molecule has 3 N–H and O–H groups in total. The lowest BCUT2D eigenvalue weighted by Gasteiger charge is -2.49. The molecule has 1 saturated carbocycles. The van der Waals surface area contributed by atoms with E-state index in [0.29, 0.717) is 34.0 Å². The summed E-state index contributed by atoms with van der Waals surface area (Å²) in [7, 11) is 3.59. The minimum atomic E-state index is -0.953. The van der Waals surface area contributed by atoms with Gasteiger partial charge in [-0.1, -0.05) is 0 Å². The fourth-order valence-corrected chi connectivity index (χ4v) is 9.12. The second-order valence-corrected chi connectivity index (χ2v) is 14.9. The van der Waals surface area contributed by atoms with E-state index in [4.69, 9.17) is 10.5 Å². The number of fused-ring (bicyclic) bond motifs is 1. The van der Waals surface area contributed by atoms with Gasteiger partial charge >= 0.3 is 0 Å². The van der Waals surface area contributed by atoms with E-state index in [1.165, 1.54) is 25.7 Å². The first-order valence-electron chi connectivity index (χ1n) is 18.2. The zero-order valence-electron chi connectivity index (χ0n) is 29.4. The van der Waals surface area contributed by atoms with E-state index >= 15 is 0 Å². The molecular weight excluding hydrogens is 648 g/mol. The number of ether oxygens (including phenoxy) is 1. The molecule has 0 radical (unpaired) electrons. The Morgan fingerprint density at radius 2 is 1.57 bits per heavy atom. The Morgan fingerprint density at radius 3 is 2.24 bits per heavy atom. The van der Waals surface area contributed by atoms with Crippen molar-refractivity contribution in [3.8, 4) is 16.9 Å². The molecule has 1 unspecified atom stereocenters. The number of anilines is 3. The topological polar surface area (TPSA) is 146 Å². The number of hydrogen-bond donors (Lipinski definition) is 2. The lowest BCUT2D eigenvalue weighted by atomic mass is 9.66. The van der Waals surface area contributed by atoms with E-state index in [9.17, 15) is 19.2 Å². The van der Waals surface area contributed by atoms with Crippen molar-refractivity contribution in [2.45, 2.75) is 63.5 Å². The lowest BCUT2D eigenvalue weighted by Crippen LogP contribution is -2.54. The van der Waals surface area contributed by atoms with Gasteiger partial charge in [-0.2, -0.15) is 5.10 Å². The Kier molecular flexibility index (Phi) is 8.48. The molecule has 0 bridgehead atoms. The number of nitrogens with one attached hydrogen (secondary N) is 1. The molecule has 1 aliphatic carbocycles. The van der Waals surface area contributed by atoms with Crippen molar-refractivity contribution < 1.29 is 23.9 Å². The molecule has 4 fully saturated rings. The number of piperidine rings is 2. The SMILES string of the molecule is COc1cc(N2CCN(C3CCC4(CC3)CCN(c3ccc5c(c3)C(=O)N(C3CCC(=O)NC3=O)C5=O)CC4)CC2)c(-c2cnn(C)c2)cc1N. The van der Waals surface area contributed by atoms with Gasteiger partial charge in [0.1, 0.15) is 11.8 Å². The van der Waals surface area contributed by atoms with Crippen molar-refractivity contribution in [1.82, 2.24) is 24.9 Å². The number of methoxy groups -OCH3 is 1. The third kappa shape index (κ3) is 6.00. The molecule has 13 nitrogen and oxygen atoms in total. The zero-order chi connectivity index (χ0) is 35.4. The van der Waals surface area contributed by atoms with Crippen LogP contribution in [0.2, 0.25) is 0 Å². The summed E-state index contributed by atoms with van der Waals surface area (Å²) >= 11 is 0. The van der Waals surface area contributed by atoms with Crippen LogP contribution in [0.3, 0.4) is 0 Å². The average Bonchev–Trinajstić information content (AvgIpc) is 3.68. The van der Waals surface area contributed by atoms with E-state index in [1.807, 2.05) is 42.3 Å². The molecule has 8 rings (SSSR count). The molecule has 268 valence electrons. The lowest BCUT2D eigenvalue weighted by molar-refractivity contribution is -0.136. The van der Waals surface area contributed by atoms with Crippen LogP contribution in [0.25, 0.3) is 11.1 Å². The van der Waals surface area contributed by atoms with Gasteiger partial charge in [-0.05, 0) is 74.6 Å². The third-order valence-electron chi connectivity index (χ3n) is 12.2. The van der Waals surface area contributed by atoms with Gasteiger partial charge in [0.2, 0.25) is 11.8 Å². The predicted octanol–water partition coefficient (Wildman–Crippen LogP) is 3.43. The quantitative estimate of drug-likeness (QED) is 0.291. The average molecular weight is 695 g/mol. The van der Waals surface area contributed by atoms with Crippen LogP contribution < -0.4 is 25.6 Å². The second-order valence-electron chi connectivity index (χ2n) is 14.9. The van der Waals surface area contributed by atoms with Crippen LogP contribution in [0, 0.1) is 5.41 Å². The predicted molar refractivity (Wildman–Crippen MR) is 193 cm³/mol. The number of nitrogens with two attached hydrogens (primary N) is 1.